The zero-order valence-electron chi connectivity index (χ0n) is 19.6. The molecule has 3 rings (SSSR count). The van der Waals surface area contributed by atoms with Crippen LogP contribution >= 0.6 is 0 Å². The number of esters is 2. The molecule has 0 aromatic heterocycles. The molecule has 0 unspecified atom stereocenters. The molecule has 6 nitrogen and oxygen atoms in total. The topological polar surface area (TPSA) is 81.7 Å². The second-order valence-electron chi connectivity index (χ2n) is 8.08. The molecule has 3 aromatic carbocycles. The Morgan fingerprint density at radius 2 is 1.15 bits per heavy atom. The van der Waals surface area contributed by atoms with E-state index in [0.29, 0.717) is 0 Å². The first-order valence-electron chi connectivity index (χ1n) is 11.1. The molecule has 3 aromatic rings. The minimum atomic E-state index is -1.25. The quantitative estimate of drug-likeness (QED) is 0.388. The van der Waals surface area contributed by atoms with Crippen molar-refractivity contribution in [2.45, 2.75) is 24.8 Å². The Kier molecular flexibility index (Phi) is 8.19. The fourth-order valence-corrected chi connectivity index (χ4v) is 4.23. The Morgan fingerprint density at radius 1 is 0.735 bits per heavy atom. The zero-order valence-corrected chi connectivity index (χ0v) is 19.6. The van der Waals surface area contributed by atoms with E-state index in [1.165, 1.54) is 14.2 Å². The Balaban J connectivity index is 2.18. The van der Waals surface area contributed by atoms with Crippen molar-refractivity contribution in [1.29, 1.82) is 0 Å². The van der Waals surface area contributed by atoms with Crippen LogP contribution in [0, 0.1) is 5.92 Å². The summed E-state index contributed by atoms with van der Waals surface area (Å²) >= 11 is 0. The minimum absolute atomic E-state index is 0.0500. The van der Waals surface area contributed by atoms with Crippen molar-refractivity contribution in [1.82, 2.24) is 5.32 Å². The number of carbonyl (C=O) groups is 3. The molecule has 1 amide bonds. The lowest BCUT2D eigenvalue weighted by Gasteiger charge is -2.36. The molecule has 0 aliphatic rings. The molecule has 0 aliphatic carbocycles. The average Bonchev–Trinajstić information content (AvgIpc) is 2.89. The SMILES string of the molecule is COC(=O)C[C@@H](C)[C@@H](NC(=O)C(c1ccccc1)(c1ccccc1)c1ccccc1)C(=O)OC. The van der Waals surface area contributed by atoms with Gasteiger partial charge in [0.1, 0.15) is 11.5 Å². The molecular weight excluding hydrogens is 430 g/mol. The first-order valence-corrected chi connectivity index (χ1v) is 11.1. The molecule has 0 bridgehead atoms. The Bertz CT molecular complexity index is 1000. The van der Waals surface area contributed by atoms with E-state index in [1.54, 1.807) is 6.92 Å². The molecule has 0 fully saturated rings. The van der Waals surface area contributed by atoms with Crippen LogP contribution in [0.3, 0.4) is 0 Å². The van der Waals surface area contributed by atoms with E-state index in [2.05, 4.69) is 5.32 Å². The van der Waals surface area contributed by atoms with Crippen LogP contribution < -0.4 is 5.32 Å². The van der Waals surface area contributed by atoms with Crippen LogP contribution in [0.4, 0.5) is 0 Å². The monoisotopic (exact) mass is 459 g/mol. The molecule has 1 N–H and O–H groups in total. The minimum Gasteiger partial charge on any atom is -0.469 e. The van der Waals surface area contributed by atoms with E-state index < -0.39 is 35.2 Å². The lowest BCUT2D eigenvalue weighted by molar-refractivity contribution is -0.148. The number of ether oxygens (including phenoxy) is 2. The second-order valence-corrected chi connectivity index (χ2v) is 8.08. The lowest BCUT2D eigenvalue weighted by atomic mass is 9.68. The number of carbonyl (C=O) groups excluding carboxylic acids is 3. The van der Waals surface area contributed by atoms with Crippen molar-refractivity contribution in [2.24, 2.45) is 5.92 Å². The summed E-state index contributed by atoms with van der Waals surface area (Å²) in [5.74, 6) is -2.06. The average molecular weight is 460 g/mol. The van der Waals surface area contributed by atoms with Crippen molar-refractivity contribution in [3.8, 4) is 0 Å². The summed E-state index contributed by atoms with van der Waals surface area (Å²) in [7, 11) is 2.54. The van der Waals surface area contributed by atoms with Gasteiger partial charge in [-0.3, -0.25) is 9.59 Å². The van der Waals surface area contributed by atoms with Crippen LogP contribution in [-0.4, -0.2) is 38.1 Å². The Labute approximate surface area is 199 Å². The molecule has 6 heteroatoms. The van der Waals surface area contributed by atoms with E-state index in [1.807, 2.05) is 91.0 Å². The molecule has 0 heterocycles. The third-order valence-corrected chi connectivity index (χ3v) is 5.99. The third kappa shape index (κ3) is 5.01. The number of hydrogen-bond donors (Lipinski definition) is 1. The molecule has 0 saturated carbocycles. The van der Waals surface area contributed by atoms with Crippen molar-refractivity contribution < 1.29 is 23.9 Å². The van der Waals surface area contributed by atoms with Gasteiger partial charge >= 0.3 is 11.9 Å². The van der Waals surface area contributed by atoms with Crippen LogP contribution in [0.2, 0.25) is 0 Å². The molecule has 0 aliphatic heterocycles. The van der Waals surface area contributed by atoms with Gasteiger partial charge in [-0.15, -0.1) is 0 Å². The fraction of sp³-hybridized carbons (Fsp3) is 0.250. The molecule has 0 spiro atoms. The second kappa shape index (κ2) is 11.3. The maximum atomic E-state index is 14.3. The van der Waals surface area contributed by atoms with Gasteiger partial charge in [-0.2, -0.15) is 0 Å². The highest BCUT2D eigenvalue weighted by molar-refractivity contribution is 5.98. The molecular formula is C28H29NO5. The largest absolute Gasteiger partial charge is 0.469 e. The Morgan fingerprint density at radius 3 is 1.50 bits per heavy atom. The van der Waals surface area contributed by atoms with Gasteiger partial charge in [-0.05, 0) is 22.6 Å². The number of methoxy groups -OCH3 is 2. The van der Waals surface area contributed by atoms with Gasteiger partial charge in [0.25, 0.3) is 0 Å². The van der Waals surface area contributed by atoms with E-state index in [-0.39, 0.29) is 6.42 Å². The van der Waals surface area contributed by atoms with Crippen LogP contribution in [0.15, 0.2) is 91.0 Å². The molecule has 176 valence electrons. The van der Waals surface area contributed by atoms with Gasteiger partial charge in [-0.1, -0.05) is 97.9 Å². The number of nitrogens with one attached hydrogen (secondary N) is 1. The van der Waals surface area contributed by atoms with Crippen LogP contribution in [0.25, 0.3) is 0 Å². The first kappa shape index (κ1) is 24.7. The van der Waals surface area contributed by atoms with E-state index in [0.717, 1.165) is 16.7 Å². The summed E-state index contributed by atoms with van der Waals surface area (Å²) in [5, 5.41) is 2.91. The third-order valence-electron chi connectivity index (χ3n) is 5.99. The van der Waals surface area contributed by atoms with Crippen molar-refractivity contribution in [3.63, 3.8) is 0 Å². The summed E-state index contributed by atoms with van der Waals surface area (Å²) in [6.07, 6.45) is -0.0500. The molecule has 2 atom stereocenters. The Hall–Kier alpha value is -3.93. The highest BCUT2D eigenvalue weighted by Crippen LogP contribution is 2.39. The van der Waals surface area contributed by atoms with E-state index >= 15 is 0 Å². The normalized spacial score (nSPS) is 12.8. The number of hydrogen-bond acceptors (Lipinski definition) is 5. The van der Waals surface area contributed by atoms with Crippen LogP contribution in [-0.2, 0) is 29.3 Å². The summed E-state index contributed by atoms with van der Waals surface area (Å²) < 4.78 is 9.73. The summed E-state index contributed by atoms with van der Waals surface area (Å²) in [6, 6.07) is 27.2. The smallest absolute Gasteiger partial charge is 0.328 e. The van der Waals surface area contributed by atoms with Gasteiger partial charge in [0.2, 0.25) is 5.91 Å². The predicted octanol–water partition coefficient (Wildman–Crippen LogP) is 3.88. The highest BCUT2D eigenvalue weighted by atomic mass is 16.5. The fourth-order valence-electron chi connectivity index (χ4n) is 4.23. The summed E-state index contributed by atoms with van der Waals surface area (Å²) in [5.41, 5.74) is 0.985. The summed E-state index contributed by atoms with van der Waals surface area (Å²) in [4.78, 5) is 38.9. The van der Waals surface area contributed by atoms with Crippen molar-refractivity contribution in [3.05, 3.63) is 108 Å². The highest BCUT2D eigenvalue weighted by Gasteiger charge is 2.45. The van der Waals surface area contributed by atoms with Crippen LogP contribution in [0.5, 0.6) is 0 Å². The lowest BCUT2D eigenvalue weighted by Crippen LogP contribution is -2.54. The predicted molar refractivity (Wildman–Crippen MR) is 129 cm³/mol. The zero-order chi connectivity index (χ0) is 24.6. The van der Waals surface area contributed by atoms with E-state index in [9.17, 15) is 14.4 Å². The van der Waals surface area contributed by atoms with Gasteiger partial charge in [0.05, 0.1) is 20.6 Å². The number of amides is 1. The van der Waals surface area contributed by atoms with Gasteiger partial charge in [0.15, 0.2) is 0 Å². The maximum Gasteiger partial charge on any atom is 0.328 e. The van der Waals surface area contributed by atoms with Crippen molar-refractivity contribution in [2.75, 3.05) is 14.2 Å². The van der Waals surface area contributed by atoms with E-state index in [4.69, 9.17) is 9.47 Å². The molecule has 34 heavy (non-hydrogen) atoms. The molecule has 0 saturated heterocycles. The first-order chi connectivity index (χ1) is 16.4. The van der Waals surface area contributed by atoms with Gasteiger partial charge < -0.3 is 14.8 Å². The van der Waals surface area contributed by atoms with Gasteiger partial charge in [0, 0.05) is 0 Å². The maximum absolute atomic E-state index is 14.3. The summed E-state index contributed by atoms with van der Waals surface area (Å²) in [6.45, 7) is 1.70. The van der Waals surface area contributed by atoms with Crippen LogP contribution in [0.1, 0.15) is 30.0 Å². The number of rotatable bonds is 9. The van der Waals surface area contributed by atoms with Gasteiger partial charge in [-0.25, -0.2) is 4.79 Å². The van der Waals surface area contributed by atoms with Crippen molar-refractivity contribution >= 4 is 17.8 Å². The standard InChI is InChI=1S/C28H29NO5/c1-20(19-24(30)33-2)25(26(31)34-3)29-27(32)28(21-13-7-4-8-14-21,22-15-9-5-10-16-22)23-17-11-6-12-18-23/h4-18,20,25H,19H2,1-3H3,(H,29,32)/t20-,25-/m1/s1. The molecule has 0 radical (unpaired) electrons. The number of benzene rings is 3.